The minimum atomic E-state index is -0.545. The van der Waals surface area contributed by atoms with Gasteiger partial charge >= 0.3 is 0 Å². The Morgan fingerprint density at radius 1 is 1.18 bits per heavy atom. The molecule has 2 aromatic carbocycles. The van der Waals surface area contributed by atoms with Crippen molar-refractivity contribution in [3.63, 3.8) is 0 Å². The number of para-hydroxylation sites is 2. The summed E-state index contributed by atoms with van der Waals surface area (Å²) in [7, 11) is 0. The normalized spacial score (nSPS) is 12.7. The highest BCUT2D eigenvalue weighted by Crippen LogP contribution is 2.25. The van der Waals surface area contributed by atoms with E-state index in [1.54, 1.807) is 0 Å². The fourth-order valence-electron chi connectivity index (χ4n) is 2.74. The van der Waals surface area contributed by atoms with Crippen LogP contribution in [0.2, 0.25) is 5.02 Å². The lowest BCUT2D eigenvalue weighted by atomic mass is 10.2. The maximum atomic E-state index is 10.4. The van der Waals surface area contributed by atoms with Crippen LogP contribution in [-0.4, -0.2) is 14.7 Å². The van der Waals surface area contributed by atoms with Gasteiger partial charge in [0, 0.05) is 11.6 Å². The van der Waals surface area contributed by atoms with Gasteiger partial charge in [-0.25, -0.2) is 4.98 Å². The summed E-state index contributed by atoms with van der Waals surface area (Å²) in [6.45, 7) is 2.71. The van der Waals surface area contributed by atoms with Crippen molar-refractivity contribution in [2.45, 2.75) is 32.4 Å². The molecule has 114 valence electrons. The Hall–Kier alpha value is -1.84. The molecule has 0 unspecified atom stereocenters. The van der Waals surface area contributed by atoms with E-state index >= 15 is 0 Å². The summed E-state index contributed by atoms with van der Waals surface area (Å²) in [6, 6.07) is 15.8. The van der Waals surface area contributed by atoms with E-state index in [4.69, 9.17) is 11.6 Å². The molecule has 4 heteroatoms. The van der Waals surface area contributed by atoms with Gasteiger partial charge in [-0.05, 0) is 36.2 Å². The number of nitrogens with zero attached hydrogens (tertiary/aromatic N) is 2. The molecule has 0 bridgehead atoms. The van der Waals surface area contributed by atoms with Crippen LogP contribution in [-0.2, 0) is 6.54 Å². The Labute approximate surface area is 135 Å². The topological polar surface area (TPSA) is 38.1 Å². The number of rotatable bonds is 5. The van der Waals surface area contributed by atoms with Crippen molar-refractivity contribution >= 4 is 22.6 Å². The Morgan fingerprint density at radius 2 is 2.00 bits per heavy atom. The summed E-state index contributed by atoms with van der Waals surface area (Å²) in [4.78, 5) is 4.63. The maximum absolute atomic E-state index is 10.4. The van der Waals surface area contributed by atoms with Crippen molar-refractivity contribution in [3.8, 4) is 0 Å². The molecule has 3 nitrogen and oxygen atoms in total. The molecular formula is C18H19ClN2O. The van der Waals surface area contributed by atoms with Gasteiger partial charge in [0.05, 0.1) is 11.0 Å². The van der Waals surface area contributed by atoms with Gasteiger partial charge < -0.3 is 9.67 Å². The minimum absolute atomic E-state index is 0.545. The number of aliphatic hydroxyl groups is 1. The van der Waals surface area contributed by atoms with E-state index in [-0.39, 0.29) is 0 Å². The SMILES string of the molecule is CCC[C@H](O)c1nc2ccccc2n1Cc1cccc(Cl)c1. The molecule has 0 spiro atoms. The summed E-state index contributed by atoms with van der Waals surface area (Å²) in [5.74, 6) is 0.725. The second-order valence-corrected chi connectivity index (χ2v) is 5.92. The summed E-state index contributed by atoms with van der Waals surface area (Å²) >= 11 is 6.08. The molecule has 3 aromatic rings. The Bertz CT molecular complexity index is 782. The van der Waals surface area contributed by atoms with Gasteiger partial charge in [-0.1, -0.05) is 49.2 Å². The second kappa shape index (κ2) is 6.51. The van der Waals surface area contributed by atoms with E-state index < -0.39 is 6.10 Å². The van der Waals surface area contributed by atoms with Crippen LogP contribution in [0.4, 0.5) is 0 Å². The zero-order chi connectivity index (χ0) is 15.5. The van der Waals surface area contributed by atoms with E-state index in [1.165, 1.54) is 0 Å². The number of benzene rings is 2. The number of aromatic nitrogens is 2. The highest BCUT2D eigenvalue weighted by atomic mass is 35.5. The minimum Gasteiger partial charge on any atom is -0.385 e. The quantitative estimate of drug-likeness (QED) is 0.749. The average molecular weight is 315 g/mol. The van der Waals surface area contributed by atoms with Crippen LogP contribution in [0.1, 0.15) is 37.3 Å². The van der Waals surface area contributed by atoms with E-state index in [1.807, 2.05) is 48.5 Å². The predicted octanol–water partition coefficient (Wildman–Crippen LogP) is 4.57. The monoisotopic (exact) mass is 314 g/mol. The average Bonchev–Trinajstić information content (AvgIpc) is 2.87. The first-order valence-electron chi connectivity index (χ1n) is 7.56. The lowest BCUT2D eigenvalue weighted by Crippen LogP contribution is -2.10. The molecule has 1 heterocycles. The number of fused-ring (bicyclic) bond motifs is 1. The van der Waals surface area contributed by atoms with Crippen LogP contribution in [0, 0.1) is 0 Å². The molecule has 0 saturated heterocycles. The first kappa shape index (κ1) is 15.1. The molecule has 1 atom stereocenters. The third kappa shape index (κ3) is 3.01. The van der Waals surface area contributed by atoms with Crippen LogP contribution in [0.25, 0.3) is 11.0 Å². The van der Waals surface area contributed by atoms with Gasteiger partial charge in [0.2, 0.25) is 0 Å². The molecular weight excluding hydrogens is 296 g/mol. The highest BCUT2D eigenvalue weighted by Gasteiger charge is 2.17. The van der Waals surface area contributed by atoms with Gasteiger partial charge in [0.25, 0.3) is 0 Å². The van der Waals surface area contributed by atoms with E-state index in [2.05, 4.69) is 16.5 Å². The van der Waals surface area contributed by atoms with E-state index in [9.17, 15) is 5.11 Å². The van der Waals surface area contributed by atoms with Gasteiger partial charge in [0.15, 0.2) is 0 Å². The molecule has 1 N–H and O–H groups in total. The fourth-order valence-corrected chi connectivity index (χ4v) is 2.95. The third-order valence-electron chi connectivity index (χ3n) is 3.77. The molecule has 0 aliphatic heterocycles. The van der Waals surface area contributed by atoms with Crippen molar-refractivity contribution in [1.29, 1.82) is 0 Å². The molecule has 0 amide bonds. The zero-order valence-corrected chi connectivity index (χ0v) is 13.3. The van der Waals surface area contributed by atoms with Crippen LogP contribution >= 0.6 is 11.6 Å². The number of halogens is 1. The van der Waals surface area contributed by atoms with E-state index in [0.29, 0.717) is 13.0 Å². The van der Waals surface area contributed by atoms with Gasteiger partial charge in [-0.3, -0.25) is 0 Å². The molecule has 0 aliphatic carbocycles. The standard InChI is InChI=1S/C18H19ClN2O/c1-2-6-17(22)18-20-15-9-3-4-10-16(15)21(18)12-13-7-5-8-14(19)11-13/h3-5,7-11,17,22H,2,6,12H2,1H3/t17-/m0/s1. The summed E-state index contributed by atoms with van der Waals surface area (Å²) in [6.07, 6.45) is 1.08. The largest absolute Gasteiger partial charge is 0.385 e. The molecule has 3 rings (SSSR count). The Morgan fingerprint density at radius 3 is 2.77 bits per heavy atom. The lowest BCUT2D eigenvalue weighted by Gasteiger charge is -2.13. The summed E-state index contributed by atoms with van der Waals surface area (Å²) in [5, 5.41) is 11.1. The summed E-state index contributed by atoms with van der Waals surface area (Å²) < 4.78 is 2.08. The maximum Gasteiger partial charge on any atom is 0.139 e. The lowest BCUT2D eigenvalue weighted by molar-refractivity contribution is 0.153. The first-order valence-corrected chi connectivity index (χ1v) is 7.94. The van der Waals surface area contributed by atoms with Crippen LogP contribution in [0.15, 0.2) is 48.5 Å². The van der Waals surface area contributed by atoms with Crippen molar-refractivity contribution in [2.75, 3.05) is 0 Å². The van der Waals surface area contributed by atoms with Crippen LogP contribution < -0.4 is 0 Å². The zero-order valence-electron chi connectivity index (χ0n) is 12.5. The second-order valence-electron chi connectivity index (χ2n) is 5.48. The predicted molar refractivity (Wildman–Crippen MR) is 90.2 cm³/mol. The Balaban J connectivity index is 2.07. The van der Waals surface area contributed by atoms with Crippen molar-refractivity contribution in [1.82, 2.24) is 9.55 Å². The van der Waals surface area contributed by atoms with Gasteiger partial charge in [0.1, 0.15) is 11.9 Å². The third-order valence-corrected chi connectivity index (χ3v) is 4.01. The molecule has 22 heavy (non-hydrogen) atoms. The molecule has 1 aromatic heterocycles. The molecule has 0 fully saturated rings. The fraction of sp³-hybridized carbons (Fsp3) is 0.278. The first-order chi connectivity index (χ1) is 10.7. The Kier molecular flexibility index (Phi) is 4.46. The van der Waals surface area contributed by atoms with Crippen molar-refractivity contribution in [3.05, 3.63) is 64.9 Å². The number of hydrogen-bond acceptors (Lipinski definition) is 2. The molecule has 0 aliphatic rings. The van der Waals surface area contributed by atoms with Crippen LogP contribution in [0.3, 0.4) is 0 Å². The van der Waals surface area contributed by atoms with E-state index in [0.717, 1.165) is 33.9 Å². The number of imidazole rings is 1. The van der Waals surface area contributed by atoms with Gasteiger partial charge in [-0.2, -0.15) is 0 Å². The summed E-state index contributed by atoms with van der Waals surface area (Å²) in [5.41, 5.74) is 3.04. The molecule has 0 saturated carbocycles. The number of hydrogen-bond donors (Lipinski definition) is 1. The van der Waals surface area contributed by atoms with Crippen LogP contribution in [0.5, 0.6) is 0 Å². The number of aliphatic hydroxyl groups excluding tert-OH is 1. The van der Waals surface area contributed by atoms with Crippen molar-refractivity contribution in [2.24, 2.45) is 0 Å². The highest BCUT2D eigenvalue weighted by molar-refractivity contribution is 6.30. The van der Waals surface area contributed by atoms with Gasteiger partial charge in [-0.15, -0.1) is 0 Å². The smallest absolute Gasteiger partial charge is 0.139 e. The molecule has 0 radical (unpaired) electrons. The van der Waals surface area contributed by atoms with Crippen molar-refractivity contribution < 1.29 is 5.11 Å².